The molecule has 37 heavy (non-hydrogen) atoms. The van der Waals surface area contributed by atoms with Gasteiger partial charge < -0.3 is 5.32 Å². The van der Waals surface area contributed by atoms with Gasteiger partial charge in [-0.15, -0.1) is 6.58 Å². The van der Waals surface area contributed by atoms with E-state index in [1.165, 1.54) is 16.7 Å². The highest BCUT2D eigenvalue weighted by atomic mass is 19.4. The predicted molar refractivity (Wildman–Crippen MR) is 148 cm³/mol. The standard InChI is InChI=1S/C33H34F3N/c1-4-25-22-29(27-15-18-30(19-16-27)33(34,35)36)17-21-31(25)37-32(20-10-24-8-6-5-7-9-24)28-13-11-26(12-14-28)23(2)3/h4-9,11,13,15-19,21,25,32,37H,1-2,10,12,14,20,22H2,3H3. The van der Waals surface area contributed by atoms with Gasteiger partial charge in [-0.1, -0.05) is 78.9 Å². The van der Waals surface area contributed by atoms with Gasteiger partial charge in [0.15, 0.2) is 0 Å². The van der Waals surface area contributed by atoms with Gasteiger partial charge in [0.05, 0.1) is 5.56 Å². The van der Waals surface area contributed by atoms with Crippen molar-refractivity contribution in [1.82, 2.24) is 5.32 Å². The highest BCUT2D eigenvalue weighted by molar-refractivity contribution is 5.69. The smallest absolute Gasteiger partial charge is 0.381 e. The SMILES string of the molecule is C=CC1CC(c2ccc(C(F)(F)F)cc2)=CC=C1NC(CCc1ccccc1)C1=CC=C(C(=C)C)CC1. The fourth-order valence-electron chi connectivity index (χ4n) is 4.99. The van der Waals surface area contributed by atoms with Crippen LogP contribution in [0.4, 0.5) is 13.2 Å². The molecule has 192 valence electrons. The Labute approximate surface area is 218 Å². The van der Waals surface area contributed by atoms with Crippen molar-refractivity contribution in [1.29, 1.82) is 0 Å². The third-order valence-corrected chi connectivity index (χ3v) is 7.25. The summed E-state index contributed by atoms with van der Waals surface area (Å²) in [5.74, 6) is 0.0623. The number of aryl methyl sites for hydroxylation is 1. The Hall–Kier alpha value is -3.53. The van der Waals surface area contributed by atoms with Crippen molar-refractivity contribution in [2.75, 3.05) is 0 Å². The fourth-order valence-corrected chi connectivity index (χ4v) is 4.99. The number of hydrogen-bond donors (Lipinski definition) is 1. The molecule has 0 bridgehead atoms. The average molecular weight is 502 g/mol. The first-order chi connectivity index (χ1) is 17.7. The molecule has 0 aliphatic heterocycles. The molecular weight excluding hydrogens is 467 g/mol. The highest BCUT2D eigenvalue weighted by Gasteiger charge is 2.30. The summed E-state index contributed by atoms with van der Waals surface area (Å²) in [5, 5.41) is 3.82. The van der Waals surface area contributed by atoms with Crippen LogP contribution in [-0.2, 0) is 12.6 Å². The van der Waals surface area contributed by atoms with E-state index in [-0.39, 0.29) is 12.0 Å². The quantitative estimate of drug-likeness (QED) is 0.338. The first-order valence-electron chi connectivity index (χ1n) is 12.8. The second-order valence-electron chi connectivity index (χ2n) is 9.87. The fraction of sp³-hybridized carbons (Fsp3) is 0.273. The van der Waals surface area contributed by atoms with Crippen LogP contribution in [0.2, 0.25) is 0 Å². The van der Waals surface area contributed by atoms with Crippen molar-refractivity contribution < 1.29 is 13.2 Å². The van der Waals surface area contributed by atoms with Crippen molar-refractivity contribution in [3.8, 4) is 0 Å². The van der Waals surface area contributed by atoms with Gasteiger partial charge in [-0.2, -0.15) is 13.2 Å². The van der Waals surface area contributed by atoms with Crippen LogP contribution in [0.15, 0.2) is 121 Å². The van der Waals surface area contributed by atoms with E-state index in [2.05, 4.69) is 67.9 Å². The van der Waals surface area contributed by atoms with Crippen LogP contribution in [0.3, 0.4) is 0 Å². The number of allylic oxidation sites excluding steroid dienone is 8. The summed E-state index contributed by atoms with van der Waals surface area (Å²) in [7, 11) is 0. The Bertz CT molecular complexity index is 1240. The maximum atomic E-state index is 13.0. The molecular formula is C33H34F3N. The van der Waals surface area contributed by atoms with Crippen LogP contribution < -0.4 is 5.32 Å². The third kappa shape index (κ3) is 6.82. The van der Waals surface area contributed by atoms with E-state index in [4.69, 9.17) is 0 Å². The van der Waals surface area contributed by atoms with Crippen molar-refractivity contribution in [3.05, 3.63) is 137 Å². The van der Waals surface area contributed by atoms with E-state index in [0.29, 0.717) is 6.42 Å². The lowest BCUT2D eigenvalue weighted by Gasteiger charge is -2.31. The second-order valence-corrected chi connectivity index (χ2v) is 9.87. The molecule has 0 saturated carbocycles. The van der Waals surface area contributed by atoms with E-state index in [1.807, 2.05) is 18.2 Å². The van der Waals surface area contributed by atoms with E-state index in [0.717, 1.165) is 60.2 Å². The lowest BCUT2D eigenvalue weighted by molar-refractivity contribution is -0.137. The topological polar surface area (TPSA) is 12.0 Å². The molecule has 0 amide bonds. The number of nitrogens with one attached hydrogen (secondary N) is 1. The van der Waals surface area contributed by atoms with Crippen LogP contribution in [-0.4, -0.2) is 6.04 Å². The zero-order valence-corrected chi connectivity index (χ0v) is 21.3. The van der Waals surface area contributed by atoms with Crippen LogP contribution in [0.5, 0.6) is 0 Å². The summed E-state index contributed by atoms with van der Waals surface area (Å²) in [6.45, 7) is 10.2. The lowest BCUT2D eigenvalue weighted by Crippen LogP contribution is -2.34. The largest absolute Gasteiger partial charge is 0.416 e. The Balaban J connectivity index is 1.56. The third-order valence-electron chi connectivity index (χ3n) is 7.25. The maximum absolute atomic E-state index is 13.0. The molecule has 2 atom stereocenters. The number of benzene rings is 2. The average Bonchev–Trinajstić information content (AvgIpc) is 2.91. The molecule has 4 heteroatoms. The second kappa shape index (κ2) is 11.7. The van der Waals surface area contributed by atoms with Crippen LogP contribution in [0.25, 0.3) is 5.57 Å². The zero-order chi connectivity index (χ0) is 26.4. The molecule has 1 nitrogen and oxygen atoms in total. The Morgan fingerprint density at radius 2 is 1.73 bits per heavy atom. The van der Waals surface area contributed by atoms with Gasteiger partial charge in [0.25, 0.3) is 0 Å². The number of rotatable bonds is 9. The first kappa shape index (κ1) is 26.5. The van der Waals surface area contributed by atoms with Gasteiger partial charge in [0, 0.05) is 17.7 Å². The van der Waals surface area contributed by atoms with E-state index in [9.17, 15) is 13.2 Å². The van der Waals surface area contributed by atoms with Gasteiger partial charge >= 0.3 is 6.18 Å². The normalized spacial score (nSPS) is 18.6. The number of hydrogen-bond acceptors (Lipinski definition) is 1. The van der Waals surface area contributed by atoms with E-state index >= 15 is 0 Å². The van der Waals surface area contributed by atoms with Crippen molar-refractivity contribution >= 4 is 5.57 Å². The molecule has 1 N–H and O–H groups in total. The zero-order valence-electron chi connectivity index (χ0n) is 21.3. The summed E-state index contributed by atoms with van der Waals surface area (Å²) in [5.41, 5.74) is 7.39. The molecule has 2 unspecified atom stereocenters. The Kier molecular flexibility index (Phi) is 8.38. The minimum Gasteiger partial charge on any atom is -0.381 e. The molecule has 2 aromatic carbocycles. The molecule has 0 spiro atoms. The number of alkyl halides is 3. The van der Waals surface area contributed by atoms with Gasteiger partial charge in [0.1, 0.15) is 0 Å². The Morgan fingerprint density at radius 1 is 1.00 bits per heavy atom. The molecule has 0 saturated heterocycles. The summed E-state index contributed by atoms with van der Waals surface area (Å²) in [4.78, 5) is 0. The van der Waals surface area contributed by atoms with Crippen LogP contribution in [0, 0.1) is 5.92 Å². The van der Waals surface area contributed by atoms with Crippen LogP contribution >= 0.6 is 0 Å². The molecule has 0 radical (unpaired) electrons. The van der Waals surface area contributed by atoms with E-state index in [1.54, 1.807) is 12.1 Å². The first-order valence-corrected chi connectivity index (χ1v) is 12.8. The lowest BCUT2D eigenvalue weighted by atomic mass is 9.85. The van der Waals surface area contributed by atoms with Crippen molar-refractivity contribution in [2.24, 2.45) is 5.92 Å². The Morgan fingerprint density at radius 3 is 2.32 bits per heavy atom. The van der Waals surface area contributed by atoms with Gasteiger partial charge in [0.2, 0.25) is 0 Å². The summed E-state index contributed by atoms with van der Waals surface area (Å²) < 4.78 is 38.9. The monoisotopic (exact) mass is 501 g/mol. The van der Waals surface area contributed by atoms with Crippen molar-refractivity contribution in [2.45, 2.75) is 51.2 Å². The van der Waals surface area contributed by atoms with E-state index < -0.39 is 11.7 Å². The highest BCUT2D eigenvalue weighted by Crippen LogP contribution is 2.35. The predicted octanol–water partition coefficient (Wildman–Crippen LogP) is 8.99. The molecule has 4 rings (SSSR count). The summed E-state index contributed by atoms with van der Waals surface area (Å²) in [6, 6.07) is 16.1. The molecule has 2 aromatic rings. The minimum absolute atomic E-state index is 0.0623. The molecule has 0 fully saturated rings. The van der Waals surface area contributed by atoms with Gasteiger partial charge in [-0.25, -0.2) is 0 Å². The molecule has 0 aromatic heterocycles. The summed E-state index contributed by atoms with van der Waals surface area (Å²) >= 11 is 0. The maximum Gasteiger partial charge on any atom is 0.416 e. The summed E-state index contributed by atoms with van der Waals surface area (Å²) in [6.07, 6.45) is 10.7. The minimum atomic E-state index is -4.33. The van der Waals surface area contributed by atoms with Crippen LogP contribution in [0.1, 0.15) is 49.3 Å². The number of halogens is 3. The molecule has 2 aliphatic carbocycles. The molecule has 0 heterocycles. The molecule has 2 aliphatic rings. The van der Waals surface area contributed by atoms with Gasteiger partial charge in [-0.05, 0) is 85.1 Å². The van der Waals surface area contributed by atoms with Crippen molar-refractivity contribution in [3.63, 3.8) is 0 Å². The van der Waals surface area contributed by atoms with Gasteiger partial charge in [-0.3, -0.25) is 0 Å².